The van der Waals surface area contributed by atoms with Gasteiger partial charge in [-0.1, -0.05) is 40.5 Å². The number of benzene rings is 1. The number of rotatable bonds is 5. The zero-order chi connectivity index (χ0) is 13.0. The predicted octanol–water partition coefficient (Wildman–Crippen LogP) is 4.41. The Morgan fingerprint density at radius 1 is 1.39 bits per heavy atom. The van der Waals surface area contributed by atoms with Gasteiger partial charge in [-0.2, -0.15) is 0 Å². The van der Waals surface area contributed by atoms with Gasteiger partial charge in [-0.3, -0.25) is 0 Å². The van der Waals surface area contributed by atoms with E-state index in [4.69, 9.17) is 11.6 Å². The highest BCUT2D eigenvalue weighted by Crippen LogP contribution is 2.21. The minimum absolute atomic E-state index is 0.748. The molecule has 0 atom stereocenters. The summed E-state index contributed by atoms with van der Waals surface area (Å²) >= 11 is 11.2. The Kier molecular flexibility index (Phi) is 5.18. The highest BCUT2D eigenvalue weighted by atomic mass is 79.9. The molecule has 1 N–H and O–H groups in total. The van der Waals surface area contributed by atoms with Gasteiger partial charge in [0.2, 0.25) is 0 Å². The number of aromatic nitrogens is 1. The molecule has 1 aromatic heterocycles. The number of halogens is 2. The fourth-order valence-corrected chi connectivity index (χ4v) is 3.22. The molecule has 5 heteroatoms. The van der Waals surface area contributed by atoms with Crippen molar-refractivity contribution in [3.8, 4) is 0 Å². The molecule has 0 bridgehead atoms. The molecule has 1 aromatic carbocycles. The molecule has 2 nitrogen and oxygen atoms in total. The van der Waals surface area contributed by atoms with Crippen molar-refractivity contribution in [2.24, 2.45) is 0 Å². The third-order valence-corrected chi connectivity index (χ3v) is 4.67. The second-order valence-electron chi connectivity index (χ2n) is 3.91. The molecule has 2 aromatic rings. The van der Waals surface area contributed by atoms with Crippen molar-refractivity contribution < 1.29 is 0 Å². The van der Waals surface area contributed by atoms with Gasteiger partial charge in [0.15, 0.2) is 0 Å². The van der Waals surface area contributed by atoms with Crippen LogP contribution >= 0.6 is 38.9 Å². The van der Waals surface area contributed by atoms with Crippen molar-refractivity contribution in [3.05, 3.63) is 49.3 Å². The standard InChI is InChI=1S/C13H14BrClN2S/c1-2-11-7-17-13(18-11)8-16-6-9-3-4-10(15)5-12(9)14/h3-5,7,16H,2,6,8H2,1H3. The summed E-state index contributed by atoms with van der Waals surface area (Å²) in [4.78, 5) is 5.71. The molecule has 2 rings (SSSR count). The smallest absolute Gasteiger partial charge is 0.107 e. The van der Waals surface area contributed by atoms with Crippen molar-refractivity contribution >= 4 is 38.9 Å². The number of hydrogen-bond donors (Lipinski definition) is 1. The lowest BCUT2D eigenvalue weighted by atomic mass is 10.2. The van der Waals surface area contributed by atoms with Crippen LogP contribution in [0.25, 0.3) is 0 Å². The van der Waals surface area contributed by atoms with E-state index in [2.05, 4.69) is 33.2 Å². The largest absolute Gasteiger partial charge is 0.306 e. The third kappa shape index (κ3) is 3.79. The first-order chi connectivity index (χ1) is 8.69. The number of thiazole rings is 1. The maximum atomic E-state index is 5.91. The van der Waals surface area contributed by atoms with Crippen LogP contribution in [0.3, 0.4) is 0 Å². The Labute approximate surface area is 125 Å². The van der Waals surface area contributed by atoms with Crippen molar-refractivity contribution in [2.75, 3.05) is 0 Å². The molecule has 0 amide bonds. The summed E-state index contributed by atoms with van der Waals surface area (Å²) < 4.78 is 1.04. The van der Waals surface area contributed by atoms with Gasteiger partial charge in [0.1, 0.15) is 5.01 Å². The molecule has 0 fully saturated rings. The Morgan fingerprint density at radius 3 is 2.89 bits per heavy atom. The van der Waals surface area contributed by atoms with Crippen molar-refractivity contribution in [1.82, 2.24) is 10.3 Å². The molecule has 1 heterocycles. The fourth-order valence-electron chi connectivity index (χ4n) is 1.56. The van der Waals surface area contributed by atoms with Crippen molar-refractivity contribution in [3.63, 3.8) is 0 Å². The van der Waals surface area contributed by atoms with Crippen LogP contribution in [-0.2, 0) is 19.5 Å². The van der Waals surface area contributed by atoms with Gasteiger partial charge in [-0.15, -0.1) is 11.3 Å². The minimum Gasteiger partial charge on any atom is -0.306 e. The summed E-state index contributed by atoms with van der Waals surface area (Å²) in [7, 11) is 0. The van der Waals surface area contributed by atoms with Crippen LogP contribution in [0, 0.1) is 0 Å². The second kappa shape index (κ2) is 6.66. The molecule has 0 aliphatic carbocycles. The first kappa shape index (κ1) is 14.0. The van der Waals surface area contributed by atoms with E-state index in [9.17, 15) is 0 Å². The summed E-state index contributed by atoms with van der Waals surface area (Å²) in [5.74, 6) is 0. The van der Waals surface area contributed by atoms with Crippen molar-refractivity contribution in [2.45, 2.75) is 26.4 Å². The van der Waals surface area contributed by atoms with E-state index in [0.29, 0.717) is 0 Å². The number of nitrogens with one attached hydrogen (secondary N) is 1. The van der Waals surface area contributed by atoms with Crippen LogP contribution < -0.4 is 5.32 Å². The molecule has 0 saturated heterocycles. The molecule has 0 radical (unpaired) electrons. The number of hydrogen-bond acceptors (Lipinski definition) is 3. The number of aryl methyl sites for hydroxylation is 1. The lowest BCUT2D eigenvalue weighted by Crippen LogP contribution is -2.12. The first-order valence-electron chi connectivity index (χ1n) is 5.77. The Balaban J connectivity index is 1.88. The van der Waals surface area contributed by atoms with Crippen molar-refractivity contribution in [1.29, 1.82) is 0 Å². The lowest BCUT2D eigenvalue weighted by molar-refractivity contribution is 0.688. The van der Waals surface area contributed by atoms with Crippen LogP contribution in [-0.4, -0.2) is 4.98 Å². The summed E-state index contributed by atoms with van der Waals surface area (Å²) in [5.41, 5.74) is 1.20. The summed E-state index contributed by atoms with van der Waals surface area (Å²) in [6, 6.07) is 5.85. The van der Waals surface area contributed by atoms with E-state index < -0.39 is 0 Å². The molecule has 0 spiro atoms. The molecular formula is C13H14BrClN2S. The zero-order valence-corrected chi connectivity index (χ0v) is 13.2. The lowest BCUT2D eigenvalue weighted by Gasteiger charge is -2.05. The average molecular weight is 346 g/mol. The normalized spacial score (nSPS) is 10.8. The van der Waals surface area contributed by atoms with Gasteiger partial charge in [0.05, 0.1) is 0 Å². The molecule has 18 heavy (non-hydrogen) atoms. The van der Waals surface area contributed by atoms with Crippen LogP contribution in [0.5, 0.6) is 0 Å². The van der Waals surface area contributed by atoms with Crippen LogP contribution in [0.15, 0.2) is 28.9 Å². The molecule has 0 unspecified atom stereocenters. The Morgan fingerprint density at radius 2 is 2.22 bits per heavy atom. The van der Waals surface area contributed by atoms with Crippen LogP contribution in [0.4, 0.5) is 0 Å². The Hall–Kier alpha value is -0.420. The van der Waals surface area contributed by atoms with Gasteiger partial charge >= 0.3 is 0 Å². The Bertz CT molecular complexity index is 527. The maximum absolute atomic E-state index is 5.91. The van der Waals surface area contributed by atoms with Crippen LogP contribution in [0.2, 0.25) is 5.02 Å². The fraction of sp³-hybridized carbons (Fsp3) is 0.308. The summed E-state index contributed by atoms with van der Waals surface area (Å²) in [5, 5.41) is 5.27. The number of nitrogens with zero attached hydrogens (tertiary/aromatic N) is 1. The molecule has 0 aliphatic rings. The van der Waals surface area contributed by atoms with Gasteiger partial charge in [-0.25, -0.2) is 4.98 Å². The molecule has 96 valence electrons. The van der Waals surface area contributed by atoms with Crippen LogP contribution in [0.1, 0.15) is 22.4 Å². The van der Waals surface area contributed by atoms with E-state index in [1.807, 2.05) is 24.4 Å². The van der Waals surface area contributed by atoms with E-state index in [-0.39, 0.29) is 0 Å². The molecule has 0 saturated carbocycles. The van der Waals surface area contributed by atoms with E-state index in [1.54, 1.807) is 11.3 Å². The van der Waals surface area contributed by atoms with Gasteiger partial charge < -0.3 is 5.32 Å². The highest BCUT2D eigenvalue weighted by molar-refractivity contribution is 9.10. The van der Waals surface area contributed by atoms with Gasteiger partial charge in [0.25, 0.3) is 0 Å². The third-order valence-electron chi connectivity index (χ3n) is 2.56. The monoisotopic (exact) mass is 344 g/mol. The van der Waals surface area contributed by atoms with E-state index in [0.717, 1.165) is 34.0 Å². The van der Waals surface area contributed by atoms with Gasteiger partial charge in [0, 0.05) is 33.7 Å². The van der Waals surface area contributed by atoms with E-state index in [1.165, 1.54) is 10.4 Å². The zero-order valence-electron chi connectivity index (χ0n) is 10.0. The second-order valence-corrected chi connectivity index (χ2v) is 6.40. The molecule has 0 aliphatic heterocycles. The average Bonchev–Trinajstić information content (AvgIpc) is 2.80. The molecular weight excluding hydrogens is 332 g/mol. The first-order valence-corrected chi connectivity index (χ1v) is 7.76. The SMILES string of the molecule is CCc1cnc(CNCc2ccc(Cl)cc2Br)s1. The summed E-state index contributed by atoms with van der Waals surface area (Å²) in [6.07, 6.45) is 3.01. The topological polar surface area (TPSA) is 24.9 Å². The predicted molar refractivity (Wildman–Crippen MR) is 81.2 cm³/mol. The highest BCUT2D eigenvalue weighted by Gasteiger charge is 2.03. The van der Waals surface area contributed by atoms with Gasteiger partial charge in [-0.05, 0) is 24.1 Å². The summed E-state index contributed by atoms with van der Waals surface area (Å²) in [6.45, 7) is 3.76. The quantitative estimate of drug-likeness (QED) is 0.868. The van der Waals surface area contributed by atoms with E-state index >= 15 is 0 Å². The maximum Gasteiger partial charge on any atom is 0.107 e. The minimum atomic E-state index is 0.748.